The second-order valence-electron chi connectivity index (χ2n) is 4.63. The minimum Gasteiger partial charge on any atom is -0.508 e. The first-order valence-corrected chi connectivity index (χ1v) is 6.75. The second kappa shape index (κ2) is 5.83. The first-order chi connectivity index (χ1) is 10.3. The molecule has 1 aromatic carbocycles. The summed E-state index contributed by atoms with van der Waals surface area (Å²) in [6, 6.07) is 12.4. The molecule has 0 bridgehead atoms. The molecule has 0 atom stereocenters. The molecule has 2 aromatic heterocycles. The van der Waals surface area contributed by atoms with E-state index in [1.807, 2.05) is 28.8 Å². The Morgan fingerprint density at radius 2 is 1.95 bits per heavy atom. The largest absolute Gasteiger partial charge is 0.508 e. The summed E-state index contributed by atoms with van der Waals surface area (Å²) in [6.07, 6.45) is 2.20. The number of hydrogen-bond donors (Lipinski definition) is 1. The molecule has 0 unspecified atom stereocenters. The van der Waals surface area contributed by atoms with Gasteiger partial charge in [-0.25, -0.2) is 4.98 Å². The van der Waals surface area contributed by atoms with Crippen LogP contribution in [0.5, 0.6) is 11.6 Å². The molecule has 0 aliphatic carbocycles. The number of nitrogens with zero attached hydrogens (tertiary/aromatic N) is 2. The van der Waals surface area contributed by atoms with Crippen LogP contribution in [0.3, 0.4) is 0 Å². The normalized spacial score (nSPS) is 10.9. The average molecular weight is 286 g/mol. The first-order valence-electron chi connectivity index (χ1n) is 6.75. The predicted molar refractivity (Wildman–Crippen MR) is 78.4 cm³/mol. The second-order valence-corrected chi connectivity index (χ2v) is 4.63. The molecule has 1 N–H and O–H groups in total. The molecule has 0 radical (unpaired) electrons. The van der Waals surface area contributed by atoms with E-state index in [-0.39, 0.29) is 5.75 Å². The Hall–Kier alpha value is -2.56. The number of fused-ring (bicyclic) bond motifs is 1. The molecule has 21 heavy (non-hydrogen) atoms. The fourth-order valence-corrected chi connectivity index (χ4v) is 2.14. The summed E-state index contributed by atoms with van der Waals surface area (Å²) in [4.78, 5) is 4.55. The van der Waals surface area contributed by atoms with Gasteiger partial charge in [-0.3, -0.25) is 8.79 Å². The average Bonchev–Trinajstić information content (AvgIpc) is 2.87. The Balaban J connectivity index is 2.07. The van der Waals surface area contributed by atoms with Gasteiger partial charge >= 0.3 is 0 Å². The van der Waals surface area contributed by atoms with Crippen LogP contribution in [0.15, 0.2) is 48.7 Å². The van der Waals surface area contributed by atoms with E-state index in [9.17, 15) is 9.50 Å². The number of imidazole rings is 1. The molecule has 2 heterocycles. The number of rotatable bonds is 5. The molecule has 0 spiro atoms. The van der Waals surface area contributed by atoms with Crippen LogP contribution in [-0.2, 0) is 0 Å². The number of benzene rings is 1. The standard InChI is InChI=1S/C16H15FN2O2/c17-9-3-11-21-16-15(12-5-7-13(20)8-6-12)18-14-4-1-2-10-19(14)16/h1-2,4-8,10,20H,3,9,11H2. The molecule has 0 amide bonds. The summed E-state index contributed by atoms with van der Waals surface area (Å²) in [5.41, 5.74) is 2.28. The highest BCUT2D eigenvalue weighted by Crippen LogP contribution is 2.31. The SMILES string of the molecule is Oc1ccc(-c2nc3ccccn3c2OCCCF)cc1. The zero-order valence-corrected chi connectivity index (χ0v) is 11.4. The van der Waals surface area contributed by atoms with Crippen molar-refractivity contribution in [1.82, 2.24) is 9.38 Å². The van der Waals surface area contributed by atoms with Gasteiger partial charge in [-0.05, 0) is 36.4 Å². The van der Waals surface area contributed by atoms with Crippen molar-refractivity contribution in [3.8, 4) is 22.9 Å². The molecule has 0 fully saturated rings. The van der Waals surface area contributed by atoms with Gasteiger partial charge in [0.15, 0.2) is 0 Å². The van der Waals surface area contributed by atoms with Crippen molar-refractivity contribution in [2.45, 2.75) is 6.42 Å². The molecule has 4 nitrogen and oxygen atoms in total. The number of alkyl halides is 1. The van der Waals surface area contributed by atoms with E-state index in [1.54, 1.807) is 24.3 Å². The quantitative estimate of drug-likeness (QED) is 0.731. The lowest BCUT2D eigenvalue weighted by atomic mass is 10.1. The van der Waals surface area contributed by atoms with E-state index in [0.717, 1.165) is 11.2 Å². The maximum atomic E-state index is 12.3. The summed E-state index contributed by atoms with van der Waals surface area (Å²) >= 11 is 0. The minimum absolute atomic E-state index is 0.197. The van der Waals surface area contributed by atoms with E-state index in [1.165, 1.54) is 0 Å². The molecule has 0 saturated heterocycles. The van der Waals surface area contributed by atoms with Crippen LogP contribution < -0.4 is 4.74 Å². The maximum absolute atomic E-state index is 12.3. The van der Waals surface area contributed by atoms with Gasteiger partial charge in [0.1, 0.15) is 17.1 Å². The van der Waals surface area contributed by atoms with Crippen molar-refractivity contribution in [1.29, 1.82) is 0 Å². The Labute approximate surface area is 121 Å². The Bertz CT molecular complexity index is 738. The highest BCUT2D eigenvalue weighted by atomic mass is 19.1. The molecular formula is C16H15FN2O2. The van der Waals surface area contributed by atoms with Crippen LogP contribution in [0.1, 0.15) is 6.42 Å². The van der Waals surface area contributed by atoms with Crippen LogP contribution in [0.2, 0.25) is 0 Å². The highest BCUT2D eigenvalue weighted by molar-refractivity contribution is 5.69. The lowest BCUT2D eigenvalue weighted by Gasteiger charge is -2.07. The van der Waals surface area contributed by atoms with E-state index < -0.39 is 6.67 Å². The van der Waals surface area contributed by atoms with Gasteiger partial charge in [0.05, 0.1) is 13.3 Å². The van der Waals surface area contributed by atoms with Crippen molar-refractivity contribution in [2.24, 2.45) is 0 Å². The van der Waals surface area contributed by atoms with E-state index in [0.29, 0.717) is 24.6 Å². The van der Waals surface area contributed by atoms with Gasteiger partial charge < -0.3 is 9.84 Å². The number of hydrogen-bond acceptors (Lipinski definition) is 3. The van der Waals surface area contributed by atoms with E-state index >= 15 is 0 Å². The minimum atomic E-state index is -0.411. The third kappa shape index (κ3) is 2.67. The van der Waals surface area contributed by atoms with Gasteiger partial charge in [-0.1, -0.05) is 6.07 Å². The third-order valence-corrected chi connectivity index (χ3v) is 3.14. The molecule has 3 aromatic rings. The number of aromatic nitrogens is 2. The van der Waals surface area contributed by atoms with E-state index in [4.69, 9.17) is 4.74 Å². The predicted octanol–water partition coefficient (Wildman–Crippen LogP) is 3.45. The zero-order valence-electron chi connectivity index (χ0n) is 11.4. The number of phenolic OH excluding ortho intramolecular Hbond substituents is 1. The van der Waals surface area contributed by atoms with Gasteiger partial charge in [-0.2, -0.15) is 0 Å². The summed E-state index contributed by atoms with van der Waals surface area (Å²) in [5, 5.41) is 9.39. The maximum Gasteiger partial charge on any atom is 0.226 e. The Morgan fingerprint density at radius 1 is 1.14 bits per heavy atom. The Kier molecular flexibility index (Phi) is 3.73. The van der Waals surface area contributed by atoms with Gasteiger partial charge in [0.25, 0.3) is 0 Å². The molecule has 108 valence electrons. The molecule has 0 saturated carbocycles. The van der Waals surface area contributed by atoms with Gasteiger partial charge in [-0.15, -0.1) is 0 Å². The number of ether oxygens (including phenoxy) is 1. The highest BCUT2D eigenvalue weighted by Gasteiger charge is 2.15. The lowest BCUT2D eigenvalue weighted by molar-refractivity contribution is 0.279. The van der Waals surface area contributed by atoms with Gasteiger partial charge in [0.2, 0.25) is 5.88 Å². The molecule has 0 aliphatic heterocycles. The number of aromatic hydroxyl groups is 1. The summed E-state index contributed by atoms with van der Waals surface area (Å²) in [6.45, 7) is -0.116. The summed E-state index contributed by atoms with van der Waals surface area (Å²) in [7, 11) is 0. The van der Waals surface area contributed by atoms with Crippen LogP contribution in [0.4, 0.5) is 4.39 Å². The first kappa shape index (κ1) is 13.4. The summed E-state index contributed by atoms with van der Waals surface area (Å²) in [5.74, 6) is 0.784. The van der Waals surface area contributed by atoms with Crippen LogP contribution in [0, 0.1) is 0 Å². The number of pyridine rings is 1. The van der Waals surface area contributed by atoms with Crippen molar-refractivity contribution in [3.05, 3.63) is 48.7 Å². The van der Waals surface area contributed by atoms with E-state index in [2.05, 4.69) is 4.98 Å². The monoisotopic (exact) mass is 286 g/mol. The smallest absolute Gasteiger partial charge is 0.226 e. The van der Waals surface area contributed by atoms with Gasteiger partial charge in [0, 0.05) is 18.2 Å². The van der Waals surface area contributed by atoms with Crippen molar-refractivity contribution in [3.63, 3.8) is 0 Å². The zero-order chi connectivity index (χ0) is 14.7. The Morgan fingerprint density at radius 3 is 2.71 bits per heavy atom. The third-order valence-electron chi connectivity index (χ3n) is 3.14. The number of halogens is 1. The van der Waals surface area contributed by atoms with Crippen LogP contribution in [-0.4, -0.2) is 27.8 Å². The molecule has 5 heteroatoms. The number of phenols is 1. The fraction of sp³-hybridized carbons (Fsp3) is 0.188. The topological polar surface area (TPSA) is 46.8 Å². The van der Waals surface area contributed by atoms with Crippen LogP contribution >= 0.6 is 0 Å². The molecule has 3 rings (SSSR count). The van der Waals surface area contributed by atoms with Crippen molar-refractivity contribution in [2.75, 3.05) is 13.3 Å². The van der Waals surface area contributed by atoms with Crippen molar-refractivity contribution >= 4 is 5.65 Å². The fourth-order valence-electron chi connectivity index (χ4n) is 2.14. The van der Waals surface area contributed by atoms with Crippen molar-refractivity contribution < 1.29 is 14.2 Å². The molecular weight excluding hydrogens is 271 g/mol. The lowest BCUT2D eigenvalue weighted by Crippen LogP contribution is -2.01. The van der Waals surface area contributed by atoms with Crippen LogP contribution in [0.25, 0.3) is 16.9 Å². The summed E-state index contributed by atoms with van der Waals surface area (Å²) < 4.78 is 19.8. The molecule has 0 aliphatic rings.